The maximum atomic E-state index is 11.3. The van der Waals surface area contributed by atoms with Crippen LogP contribution in [0, 0.1) is 0 Å². The van der Waals surface area contributed by atoms with E-state index in [2.05, 4.69) is 16.8 Å². The quantitative estimate of drug-likeness (QED) is 0.491. The van der Waals surface area contributed by atoms with Gasteiger partial charge in [0.05, 0.1) is 25.3 Å². The topological polar surface area (TPSA) is 51.7 Å². The van der Waals surface area contributed by atoms with Crippen LogP contribution in [0.2, 0.25) is 0 Å². The van der Waals surface area contributed by atoms with Crippen LogP contribution in [-0.2, 0) is 20.7 Å². The molecule has 0 atom stereocenters. The van der Waals surface area contributed by atoms with E-state index in [0.717, 1.165) is 30.5 Å². The van der Waals surface area contributed by atoms with Gasteiger partial charge in [0.15, 0.2) is 5.13 Å². The van der Waals surface area contributed by atoms with Gasteiger partial charge in [-0.1, -0.05) is 0 Å². The average Bonchev–Trinajstić information content (AvgIpc) is 2.90. The molecule has 0 aromatic carbocycles. The molecule has 20 heavy (non-hydrogen) atoms. The molecule has 0 fully saturated rings. The van der Waals surface area contributed by atoms with Crippen molar-refractivity contribution < 1.29 is 14.3 Å². The van der Waals surface area contributed by atoms with Crippen molar-refractivity contribution in [3.63, 3.8) is 0 Å². The lowest BCUT2D eigenvalue weighted by Gasteiger charge is -2.19. The molecule has 0 N–H and O–H groups in total. The Labute approximate surface area is 124 Å². The Kier molecular flexibility index (Phi) is 8.22. The number of anilines is 1. The molecule has 1 aromatic heterocycles. The molecule has 114 valence electrons. The Hall–Kier alpha value is -1.14. The molecule has 0 spiro atoms. The number of carbonyl (C=O) groups excluding carboxylic acids is 1. The standard InChI is InChI=1S/C14H24N2O3S/c1-4-16(9-10-18-5-2)14-15-12(11-20-14)7-8-13(17)19-6-3/h11H,4-10H2,1-3H3. The van der Waals surface area contributed by atoms with Crippen LogP contribution in [0.25, 0.3) is 0 Å². The Balaban J connectivity index is 2.45. The predicted octanol–water partition coefficient (Wildman–Crippen LogP) is 2.50. The lowest BCUT2D eigenvalue weighted by Crippen LogP contribution is -2.27. The number of likely N-dealkylation sites (N-methyl/N-ethyl adjacent to an activating group) is 1. The van der Waals surface area contributed by atoms with Gasteiger partial charge in [-0.2, -0.15) is 0 Å². The van der Waals surface area contributed by atoms with Crippen LogP contribution in [0.4, 0.5) is 5.13 Å². The SMILES string of the molecule is CCOCCN(CC)c1nc(CCC(=O)OCC)cs1. The molecular weight excluding hydrogens is 276 g/mol. The van der Waals surface area contributed by atoms with Gasteiger partial charge in [0.2, 0.25) is 0 Å². The van der Waals surface area contributed by atoms with Crippen molar-refractivity contribution in [2.24, 2.45) is 0 Å². The third-order valence-electron chi connectivity index (χ3n) is 2.79. The third kappa shape index (κ3) is 5.88. The average molecular weight is 300 g/mol. The zero-order valence-electron chi connectivity index (χ0n) is 12.6. The number of nitrogens with zero attached hydrogens (tertiary/aromatic N) is 2. The van der Waals surface area contributed by atoms with Crippen LogP contribution in [-0.4, -0.2) is 43.9 Å². The number of hydrogen-bond donors (Lipinski definition) is 0. The number of aryl methyl sites for hydroxylation is 1. The fraction of sp³-hybridized carbons (Fsp3) is 0.714. The van der Waals surface area contributed by atoms with Crippen LogP contribution >= 0.6 is 11.3 Å². The minimum atomic E-state index is -0.161. The van der Waals surface area contributed by atoms with E-state index in [1.165, 1.54) is 0 Å². The second kappa shape index (κ2) is 9.72. The van der Waals surface area contributed by atoms with Gasteiger partial charge in [-0.15, -0.1) is 11.3 Å². The number of thiazole rings is 1. The van der Waals surface area contributed by atoms with E-state index in [1.54, 1.807) is 11.3 Å². The van der Waals surface area contributed by atoms with Crippen molar-refractivity contribution in [3.05, 3.63) is 11.1 Å². The number of esters is 1. The summed E-state index contributed by atoms with van der Waals surface area (Å²) in [6.07, 6.45) is 1.03. The summed E-state index contributed by atoms with van der Waals surface area (Å²) in [4.78, 5) is 18.1. The van der Waals surface area contributed by atoms with E-state index in [4.69, 9.17) is 9.47 Å². The van der Waals surface area contributed by atoms with Crippen molar-refractivity contribution in [1.82, 2.24) is 4.98 Å². The summed E-state index contributed by atoms with van der Waals surface area (Å²) in [5.41, 5.74) is 0.952. The molecule has 0 saturated heterocycles. The molecule has 0 aliphatic heterocycles. The summed E-state index contributed by atoms with van der Waals surface area (Å²) in [7, 11) is 0. The van der Waals surface area contributed by atoms with Crippen molar-refractivity contribution in [2.45, 2.75) is 33.6 Å². The first-order valence-corrected chi connectivity index (χ1v) is 8.01. The fourth-order valence-corrected chi connectivity index (χ4v) is 2.68. The van der Waals surface area contributed by atoms with Crippen molar-refractivity contribution in [2.75, 3.05) is 37.8 Å². The van der Waals surface area contributed by atoms with Crippen LogP contribution in [0.15, 0.2) is 5.38 Å². The predicted molar refractivity (Wildman–Crippen MR) is 81.4 cm³/mol. The summed E-state index contributed by atoms with van der Waals surface area (Å²) >= 11 is 1.61. The maximum Gasteiger partial charge on any atom is 0.306 e. The Morgan fingerprint density at radius 1 is 1.35 bits per heavy atom. The van der Waals surface area contributed by atoms with Crippen LogP contribution in [0.5, 0.6) is 0 Å². The molecule has 0 radical (unpaired) electrons. The number of hydrogen-bond acceptors (Lipinski definition) is 6. The zero-order valence-corrected chi connectivity index (χ0v) is 13.4. The van der Waals surface area contributed by atoms with E-state index < -0.39 is 0 Å². The Morgan fingerprint density at radius 3 is 2.80 bits per heavy atom. The van der Waals surface area contributed by atoms with Gasteiger partial charge in [-0.3, -0.25) is 4.79 Å². The molecule has 0 aliphatic rings. The monoisotopic (exact) mass is 300 g/mol. The number of carbonyl (C=O) groups is 1. The molecule has 6 heteroatoms. The molecule has 0 bridgehead atoms. The summed E-state index contributed by atoms with van der Waals surface area (Å²) in [5, 5.41) is 3.00. The molecule has 0 amide bonds. The lowest BCUT2D eigenvalue weighted by atomic mass is 10.2. The summed E-state index contributed by atoms with van der Waals surface area (Å²) < 4.78 is 10.3. The van der Waals surface area contributed by atoms with Gasteiger partial charge >= 0.3 is 5.97 Å². The zero-order chi connectivity index (χ0) is 14.8. The maximum absolute atomic E-state index is 11.3. The molecule has 1 aromatic rings. The molecule has 1 heterocycles. The van der Waals surface area contributed by atoms with Crippen molar-refractivity contribution in [3.8, 4) is 0 Å². The van der Waals surface area contributed by atoms with Crippen molar-refractivity contribution in [1.29, 1.82) is 0 Å². The van der Waals surface area contributed by atoms with Gasteiger partial charge < -0.3 is 14.4 Å². The van der Waals surface area contributed by atoms with E-state index in [0.29, 0.717) is 26.1 Å². The smallest absolute Gasteiger partial charge is 0.306 e. The first kappa shape index (κ1) is 16.9. The molecule has 0 aliphatic carbocycles. The second-order valence-electron chi connectivity index (χ2n) is 4.20. The number of rotatable bonds is 10. The Bertz CT molecular complexity index is 396. The van der Waals surface area contributed by atoms with Crippen LogP contribution < -0.4 is 4.90 Å². The largest absolute Gasteiger partial charge is 0.466 e. The third-order valence-corrected chi connectivity index (χ3v) is 3.74. The van der Waals surface area contributed by atoms with E-state index in [-0.39, 0.29) is 5.97 Å². The lowest BCUT2D eigenvalue weighted by molar-refractivity contribution is -0.143. The van der Waals surface area contributed by atoms with Crippen LogP contribution in [0.1, 0.15) is 32.9 Å². The van der Waals surface area contributed by atoms with Gasteiger partial charge in [-0.25, -0.2) is 4.98 Å². The van der Waals surface area contributed by atoms with E-state index >= 15 is 0 Å². The summed E-state index contributed by atoms with van der Waals surface area (Å²) in [5.74, 6) is -0.161. The van der Waals surface area contributed by atoms with Crippen molar-refractivity contribution >= 4 is 22.4 Å². The van der Waals surface area contributed by atoms with Gasteiger partial charge in [0.25, 0.3) is 0 Å². The summed E-state index contributed by atoms with van der Waals surface area (Å²) in [6, 6.07) is 0. The highest BCUT2D eigenvalue weighted by Gasteiger charge is 2.11. The fourth-order valence-electron chi connectivity index (χ4n) is 1.73. The van der Waals surface area contributed by atoms with E-state index in [9.17, 15) is 4.79 Å². The first-order chi connectivity index (χ1) is 9.71. The molecule has 0 unspecified atom stereocenters. The number of aromatic nitrogens is 1. The van der Waals surface area contributed by atoms with Crippen LogP contribution in [0.3, 0.4) is 0 Å². The summed E-state index contributed by atoms with van der Waals surface area (Å²) in [6.45, 7) is 9.53. The van der Waals surface area contributed by atoms with Gasteiger partial charge in [0.1, 0.15) is 0 Å². The van der Waals surface area contributed by atoms with Gasteiger partial charge in [-0.05, 0) is 20.8 Å². The minimum Gasteiger partial charge on any atom is -0.466 e. The van der Waals surface area contributed by atoms with Gasteiger partial charge in [0, 0.05) is 31.5 Å². The highest BCUT2D eigenvalue weighted by Crippen LogP contribution is 2.21. The van der Waals surface area contributed by atoms with E-state index in [1.807, 2.05) is 19.2 Å². The normalized spacial score (nSPS) is 10.6. The minimum absolute atomic E-state index is 0.161. The molecule has 0 saturated carbocycles. The number of ether oxygens (including phenoxy) is 2. The Morgan fingerprint density at radius 2 is 2.15 bits per heavy atom. The molecule has 1 rings (SSSR count). The molecular formula is C14H24N2O3S. The molecule has 5 nitrogen and oxygen atoms in total. The highest BCUT2D eigenvalue weighted by atomic mass is 32.1. The highest BCUT2D eigenvalue weighted by molar-refractivity contribution is 7.13. The first-order valence-electron chi connectivity index (χ1n) is 7.13. The second-order valence-corrected chi connectivity index (χ2v) is 5.04.